The van der Waals surface area contributed by atoms with Crippen molar-refractivity contribution in [3.63, 3.8) is 0 Å². The maximum Gasteiger partial charge on any atom is 0.408 e. The molecule has 5 heteroatoms. The molecule has 0 bridgehead atoms. The van der Waals surface area contributed by atoms with Crippen molar-refractivity contribution < 1.29 is 14.3 Å². The summed E-state index contributed by atoms with van der Waals surface area (Å²) < 4.78 is 5.33. The maximum absolute atomic E-state index is 12.6. The quantitative estimate of drug-likeness (QED) is 0.887. The van der Waals surface area contributed by atoms with Crippen molar-refractivity contribution in [3.05, 3.63) is 34.9 Å². The van der Waals surface area contributed by atoms with Gasteiger partial charge in [0, 0.05) is 17.0 Å². The maximum atomic E-state index is 12.6. The molecule has 120 valence electrons. The summed E-state index contributed by atoms with van der Waals surface area (Å²) in [6.07, 6.45) is 2.06. The zero-order chi connectivity index (χ0) is 16.4. The van der Waals surface area contributed by atoms with Crippen LogP contribution < -0.4 is 5.32 Å². The smallest absolute Gasteiger partial charge is 0.408 e. The largest absolute Gasteiger partial charge is 0.444 e. The van der Waals surface area contributed by atoms with Gasteiger partial charge in [0.05, 0.1) is 0 Å². The monoisotopic (exact) mass is 323 g/mol. The molecule has 4 nitrogen and oxygen atoms in total. The van der Waals surface area contributed by atoms with Gasteiger partial charge in [0.1, 0.15) is 11.1 Å². The van der Waals surface area contributed by atoms with Gasteiger partial charge in [-0.1, -0.05) is 29.8 Å². The van der Waals surface area contributed by atoms with E-state index in [4.69, 9.17) is 16.3 Å². The molecule has 1 fully saturated rings. The predicted octanol–water partition coefficient (Wildman–Crippen LogP) is 4.20. The molecule has 22 heavy (non-hydrogen) atoms. The molecule has 2 rings (SSSR count). The molecule has 1 aliphatic carbocycles. The molecule has 1 aliphatic rings. The molecule has 1 amide bonds. The first kappa shape index (κ1) is 16.8. The van der Waals surface area contributed by atoms with Crippen molar-refractivity contribution in [3.8, 4) is 0 Å². The van der Waals surface area contributed by atoms with Gasteiger partial charge in [-0.2, -0.15) is 0 Å². The Labute approximate surface area is 136 Å². The van der Waals surface area contributed by atoms with Crippen LogP contribution in [0.5, 0.6) is 0 Å². The summed E-state index contributed by atoms with van der Waals surface area (Å²) in [7, 11) is 0. The van der Waals surface area contributed by atoms with E-state index in [1.54, 1.807) is 39.0 Å². The minimum atomic E-state index is -1.08. The molecule has 1 aromatic carbocycles. The summed E-state index contributed by atoms with van der Waals surface area (Å²) in [4.78, 5) is 24.9. The van der Waals surface area contributed by atoms with Gasteiger partial charge < -0.3 is 10.1 Å². The van der Waals surface area contributed by atoms with Gasteiger partial charge in [-0.05, 0) is 46.1 Å². The van der Waals surface area contributed by atoms with Crippen LogP contribution in [0.1, 0.15) is 52.0 Å². The van der Waals surface area contributed by atoms with Crippen LogP contribution in [0, 0.1) is 0 Å². The highest BCUT2D eigenvalue weighted by atomic mass is 35.5. The summed E-state index contributed by atoms with van der Waals surface area (Å²) in [6.45, 7) is 5.37. The van der Waals surface area contributed by atoms with Crippen LogP contribution in [0.2, 0.25) is 5.02 Å². The molecule has 0 radical (unpaired) electrons. The number of ether oxygens (including phenoxy) is 1. The molecule has 0 unspecified atom stereocenters. The van der Waals surface area contributed by atoms with Crippen LogP contribution >= 0.6 is 11.6 Å². The van der Waals surface area contributed by atoms with E-state index >= 15 is 0 Å². The zero-order valence-electron chi connectivity index (χ0n) is 13.2. The minimum absolute atomic E-state index is 0.0160. The standard InChI is InChI=1S/C17H22ClNO3/c1-16(2,3)22-15(21)19-17(11-7-6-10-14(17)20)12-8-4-5-9-13(12)18/h4-5,8-9H,6-7,10-11H2,1-3H3,(H,19,21)/t17-/m0/s1. The third-order valence-electron chi connectivity index (χ3n) is 3.73. The second kappa shape index (κ2) is 6.29. The first-order chi connectivity index (χ1) is 10.2. The first-order valence-corrected chi connectivity index (χ1v) is 7.92. The van der Waals surface area contributed by atoms with E-state index in [2.05, 4.69) is 5.32 Å². The fourth-order valence-electron chi connectivity index (χ4n) is 2.80. The van der Waals surface area contributed by atoms with E-state index in [1.807, 2.05) is 6.07 Å². The molecule has 1 aromatic rings. The number of hydrogen-bond donors (Lipinski definition) is 1. The number of alkyl carbamates (subject to hydrolysis) is 1. The van der Waals surface area contributed by atoms with E-state index in [0.717, 1.165) is 12.8 Å². The number of benzene rings is 1. The Kier molecular flexibility index (Phi) is 4.81. The van der Waals surface area contributed by atoms with Crippen molar-refractivity contribution in [1.82, 2.24) is 5.32 Å². The van der Waals surface area contributed by atoms with E-state index in [1.165, 1.54) is 0 Å². The molecular weight excluding hydrogens is 302 g/mol. The van der Waals surface area contributed by atoms with E-state index in [-0.39, 0.29) is 5.78 Å². The lowest BCUT2D eigenvalue weighted by molar-refractivity contribution is -0.128. The topological polar surface area (TPSA) is 55.4 Å². The van der Waals surface area contributed by atoms with Crippen molar-refractivity contribution in [2.75, 3.05) is 0 Å². The Morgan fingerprint density at radius 3 is 2.55 bits per heavy atom. The summed E-state index contributed by atoms with van der Waals surface area (Å²) in [5.41, 5.74) is -1.06. The van der Waals surface area contributed by atoms with Gasteiger partial charge >= 0.3 is 6.09 Å². The normalized spacial score (nSPS) is 22.3. The van der Waals surface area contributed by atoms with Gasteiger partial charge in [0.2, 0.25) is 0 Å². The Bertz CT molecular complexity index is 580. The van der Waals surface area contributed by atoms with Crippen molar-refractivity contribution in [1.29, 1.82) is 0 Å². The predicted molar refractivity (Wildman–Crippen MR) is 86.0 cm³/mol. The highest BCUT2D eigenvalue weighted by molar-refractivity contribution is 6.31. The number of hydrogen-bond acceptors (Lipinski definition) is 3. The van der Waals surface area contributed by atoms with Crippen LogP contribution in [0.15, 0.2) is 24.3 Å². The summed E-state index contributed by atoms with van der Waals surface area (Å²) in [6, 6.07) is 7.15. The van der Waals surface area contributed by atoms with Crippen LogP contribution in [-0.2, 0) is 15.1 Å². The number of nitrogens with one attached hydrogen (secondary N) is 1. The Morgan fingerprint density at radius 2 is 1.95 bits per heavy atom. The van der Waals surface area contributed by atoms with E-state index < -0.39 is 17.2 Å². The second-order valence-electron chi connectivity index (χ2n) is 6.64. The number of Topliss-reactive ketones (excluding diaryl/α,β-unsaturated/α-hetero) is 1. The minimum Gasteiger partial charge on any atom is -0.444 e. The Morgan fingerprint density at radius 1 is 1.27 bits per heavy atom. The number of ketones is 1. The molecule has 0 aliphatic heterocycles. The van der Waals surface area contributed by atoms with Gasteiger partial charge in [-0.25, -0.2) is 4.79 Å². The number of carbonyl (C=O) groups is 2. The summed E-state index contributed by atoms with van der Waals surface area (Å²) >= 11 is 6.28. The fourth-order valence-corrected chi connectivity index (χ4v) is 3.10. The van der Waals surface area contributed by atoms with Gasteiger partial charge in [0.25, 0.3) is 0 Å². The number of halogens is 1. The van der Waals surface area contributed by atoms with Crippen molar-refractivity contribution in [2.24, 2.45) is 0 Å². The van der Waals surface area contributed by atoms with Gasteiger partial charge in [-0.15, -0.1) is 0 Å². The lowest BCUT2D eigenvalue weighted by Gasteiger charge is -2.37. The summed E-state index contributed by atoms with van der Waals surface area (Å²) in [5.74, 6) is -0.0160. The van der Waals surface area contributed by atoms with Gasteiger partial charge in [0.15, 0.2) is 5.78 Å². The summed E-state index contributed by atoms with van der Waals surface area (Å²) in [5, 5.41) is 3.28. The molecule has 1 atom stereocenters. The molecule has 0 spiro atoms. The van der Waals surface area contributed by atoms with Gasteiger partial charge in [-0.3, -0.25) is 4.79 Å². The molecular formula is C17H22ClNO3. The molecule has 0 heterocycles. The molecule has 1 saturated carbocycles. The van der Waals surface area contributed by atoms with E-state index in [0.29, 0.717) is 23.4 Å². The average Bonchev–Trinajstić information content (AvgIpc) is 2.40. The van der Waals surface area contributed by atoms with Crippen molar-refractivity contribution in [2.45, 2.75) is 57.6 Å². The highest BCUT2D eigenvalue weighted by Crippen LogP contribution is 2.38. The zero-order valence-corrected chi connectivity index (χ0v) is 14.0. The lowest BCUT2D eigenvalue weighted by atomic mass is 9.75. The molecule has 0 aromatic heterocycles. The van der Waals surface area contributed by atoms with Crippen molar-refractivity contribution >= 4 is 23.5 Å². The second-order valence-corrected chi connectivity index (χ2v) is 7.05. The fraction of sp³-hybridized carbons (Fsp3) is 0.529. The number of amides is 1. The van der Waals surface area contributed by atoms with Crippen LogP contribution in [0.4, 0.5) is 4.79 Å². The van der Waals surface area contributed by atoms with Crippen LogP contribution in [-0.4, -0.2) is 17.5 Å². The molecule has 0 saturated heterocycles. The lowest BCUT2D eigenvalue weighted by Crippen LogP contribution is -2.54. The van der Waals surface area contributed by atoms with Crippen LogP contribution in [0.3, 0.4) is 0 Å². The Hall–Kier alpha value is -1.55. The first-order valence-electron chi connectivity index (χ1n) is 7.54. The third kappa shape index (κ3) is 3.61. The highest BCUT2D eigenvalue weighted by Gasteiger charge is 2.44. The molecule has 1 N–H and O–H groups in total. The van der Waals surface area contributed by atoms with Crippen LogP contribution in [0.25, 0.3) is 0 Å². The third-order valence-corrected chi connectivity index (χ3v) is 4.06. The Balaban J connectivity index is 2.37. The van der Waals surface area contributed by atoms with E-state index in [9.17, 15) is 9.59 Å². The average molecular weight is 324 g/mol. The number of rotatable bonds is 2. The SMILES string of the molecule is CC(C)(C)OC(=O)N[C@]1(c2ccccc2Cl)CCCCC1=O. The number of carbonyl (C=O) groups excluding carboxylic acids is 2.